The SMILES string of the molecule is O=C(OCC(=O)N(c1ccccc1)[C@H]1C=CS(=O)(=O)C1)c1cccnc1Cl. The lowest BCUT2D eigenvalue weighted by Crippen LogP contribution is -2.43. The number of para-hydroxylation sites is 1. The van der Waals surface area contributed by atoms with Crippen LogP contribution in [0.1, 0.15) is 10.4 Å². The standard InChI is InChI=1S/C18H15ClN2O5S/c19-17-15(7-4-9-20-17)18(23)26-11-16(22)21(13-5-2-1-3-6-13)14-8-10-27(24,25)12-14/h1-10,14H,11-12H2/t14-/m0/s1. The second-order valence-electron chi connectivity index (χ2n) is 5.74. The topological polar surface area (TPSA) is 93.6 Å². The fourth-order valence-electron chi connectivity index (χ4n) is 2.64. The monoisotopic (exact) mass is 406 g/mol. The average Bonchev–Trinajstić information content (AvgIpc) is 3.00. The van der Waals surface area contributed by atoms with Gasteiger partial charge in [-0.1, -0.05) is 29.8 Å². The summed E-state index contributed by atoms with van der Waals surface area (Å²) < 4.78 is 28.6. The summed E-state index contributed by atoms with van der Waals surface area (Å²) in [6.07, 6.45) is 2.87. The van der Waals surface area contributed by atoms with Gasteiger partial charge in [-0.15, -0.1) is 0 Å². The van der Waals surface area contributed by atoms with Gasteiger partial charge in [-0.2, -0.15) is 0 Å². The third kappa shape index (κ3) is 4.53. The fourth-order valence-corrected chi connectivity index (χ4v) is 4.11. The van der Waals surface area contributed by atoms with Gasteiger partial charge in [-0.3, -0.25) is 4.79 Å². The molecule has 9 heteroatoms. The van der Waals surface area contributed by atoms with Crippen LogP contribution in [-0.2, 0) is 19.4 Å². The van der Waals surface area contributed by atoms with Crippen molar-refractivity contribution < 1.29 is 22.7 Å². The van der Waals surface area contributed by atoms with Gasteiger partial charge >= 0.3 is 5.97 Å². The zero-order chi connectivity index (χ0) is 19.4. The van der Waals surface area contributed by atoms with Gasteiger partial charge in [-0.05, 0) is 30.3 Å². The van der Waals surface area contributed by atoms with Crippen LogP contribution in [0.3, 0.4) is 0 Å². The summed E-state index contributed by atoms with van der Waals surface area (Å²) in [6, 6.07) is 10.9. The van der Waals surface area contributed by atoms with Gasteiger partial charge in [0.1, 0.15) is 5.15 Å². The Balaban J connectivity index is 1.77. The number of pyridine rings is 1. The van der Waals surface area contributed by atoms with Gasteiger partial charge in [0.05, 0.1) is 17.4 Å². The van der Waals surface area contributed by atoms with E-state index in [1.165, 1.54) is 29.3 Å². The van der Waals surface area contributed by atoms with Crippen LogP contribution in [0.25, 0.3) is 0 Å². The number of esters is 1. The average molecular weight is 407 g/mol. The molecule has 0 fully saturated rings. The summed E-state index contributed by atoms with van der Waals surface area (Å²) >= 11 is 5.84. The number of amides is 1. The van der Waals surface area contributed by atoms with E-state index in [2.05, 4.69) is 4.98 Å². The molecule has 2 aromatic rings. The largest absolute Gasteiger partial charge is 0.452 e. The first-order chi connectivity index (χ1) is 12.9. The number of ether oxygens (including phenoxy) is 1. The van der Waals surface area contributed by atoms with E-state index in [1.807, 2.05) is 0 Å². The molecular weight excluding hydrogens is 392 g/mol. The van der Waals surface area contributed by atoms with Crippen molar-refractivity contribution >= 4 is 39.0 Å². The zero-order valence-electron chi connectivity index (χ0n) is 14.0. The van der Waals surface area contributed by atoms with Crippen LogP contribution in [-0.4, -0.2) is 43.7 Å². The summed E-state index contributed by atoms with van der Waals surface area (Å²) in [5.41, 5.74) is 0.547. The van der Waals surface area contributed by atoms with E-state index in [0.717, 1.165) is 5.41 Å². The van der Waals surface area contributed by atoms with Crippen LogP contribution in [0.2, 0.25) is 5.15 Å². The normalized spacial score (nSPS) is 17.4. The third-order valence-corrected chi connectivity index (χ3v) is 5.53. The van der Waals surface area contributed by atoms with Gasteiger partial charge < -0.3 is 9.64 Å². The van der Waals surface area contributed by atoms with Crippen LogP contribution in [0.15, 0.2) is 60.1 Å². The maximum atomic E-state index is 12.7. The molecule has 7 nitrogen and oxygen atoms in total. The van der Waals surface area contributed by atoms with Crippen molar-refractivity contribution in [2.75, 3.05) is 17.3 Å². The van der Waals surface area contributed by atoms with E-state index in [4.69, 9.17) is 16.3 Å². The second kappa shape index (κ2) is 7.89. The number of aromatic nitrogens is 1. The van der Waals surface area contributed by atoms with E-state index >= 15 is 0 Å². The minimum absolute atomic E-state index is 0.0281. The van der Waals surface area contributed by atoms with Crippen molar-refractivity contribution in [2.24, 2.45) is 0 Å². The number of halogens is 1. The number of carbonyl (C=O) groups is 2. The van der Waals surface area contributed by atoms with Crippen LogP contribution >= 0.6 is 11.6 Å². The lowest BCUT2D eigenvalue weighted by Gasteiger charge is -2.27. The quantitative estimate of drug-likeness (QED) is 0.558. The van der Waals surface area contributed by atoms with E-state index in [0.29, 0.717) is 5.69 Å². The highest BCUT2D eigenvalue weighted by molar-refractivity contribution is 7.94. The maximum absolute atomic E-state index is 12.7. The number of hydrogen-bond donors (Lipinski definition) is 0. The molecule has 0 radical (unpaired) electrons. The number of rotatable bonds is 5. The van der Waals surface area contributed by atoms with Crippen molar-refractivity contribution in [1.82, 2.24) is 4.98 Å². The Bertz CT molecular complexity index is 992. The van der Waals surface area contributed by atoms with Gasteiger partial charge in [0.15, 0.2) is 16.4 Å². The summed E-state index contributed by atoms with van der Waals surface area (Å²) in [6.45, 7) is -0.566. The van der Waals surface area contributed by atoms with Gasteiger partial charge in [0, 0.05) is 17.3 Å². The summed E-state index contributed by atoms with van der Waals surface area (Å²) in [5, 5.41) is 1.06. The third-order valence-electron chi connectivity index (χ3n) is 3.85. The highest BCUT2D eigenvalue weighted by Crippen LogP contribution is 2.23. The van der Waals surface area contributed by atoms with Crippen LogP contribution in [0.4, 0.5) is 5.69 Å². The van der Waals surface area contributed by atoms with Gasteiger partial charge in [0.25, 0.3) is 5.91 Å². The molecular formula is C18H15ClN2O5S. The molecule has 0 spiro atoms. The highest BCUT2D eigenvalue weighted by Gasteiger charge is 2.32. The Morgan fingerprint density at radius 2 is 1.93 bits per heavy atom. The van der Waals surface area contributed by atoms with Crippen LogP contribution in [0, 0.1) is 0 Å². The number of carbonyl (C=O) groups excluding carboxylic acids is 2. The van der Waals surface area contributed by atoms with Crippen molar-refractivity contribution in [2.45, 2.75) is 6.04 Å². The molecule has 27 heavy (non-hydrogen) atoms. The summed E-state index contributed by atoms with van der Waals surface area (Å²) in [4.78, 5) is 29.9. The van der Waals surface area contributed by atoms with Gasteiger partial charge in [-0.25, -0.2) is 18.2 Å². The number of nitrogens with zero attached hydrogens (tertiary/aromatic N) is 2. The lowest BCUT2D eigenvalue weighted by molar-refractivity contribution is -0.121. The molecule has 0 bridgehead atoms. The summed E-state index contributed by atoms with van der Waals surface area (Å²) in [7, 11) is -3.37. The molecule has 0 unspecified atom stereocenters. The van der Waals surface area contributed by atoms with Crippen molar-refractivity contribution in [3.8, 4) is 0 Å². The van der Waals surface area contributed by atoms with Crippen LogP contribution < -0.4 is 4.90 Å². The van der Waals surface area contributed by atoms with Crippen LogP contribution in [0.5, 0.6) is 0 Å². The first-order valence-corrected chi connectivity index (χ1v) is 10.0. The van der Waals surface area contributed by atoms with E-state index in [1.54, 1.807) is 30.3 Å². The highest BCUT2D eigenvalue weighted by atomic mass is 35.5. The molecule has 0 saturated carbocycles. The fraction of sp³-hybridized carbons (Fsp3) is 0.167. The number of anilines is 1. The molecule has 3 rings (SSSR count). The molecule has 1 aromatic carbocycles. The predicted octanol–water partition coefficient (Wildman–Crippen LogP) is 2.24. The lowest BCUT2D eigenvalue weighted by atomic mass is 10.2. The van der Waals surface area contributed by atoms with E-state index in [-0.39, 0.29) is 16.5 Å². The molecule has 1 amide bonds. The maximum Gasteiger partial charge on any atom is 0.341 e. The molecule has 1 aliphatic heterocycles. The van der Waals surface area contributed by atoms with E-state index in [9.17, 15) is 18.0 Å². The predicted molar refractivity (Wildman–Crippen MR) is 100 cm³/mol. The molecule has 1 atom stereocenters. The summed E-state index contributed by atoms with van der Waals surface area (Å²) in [5.74, 6) is -1.57. The number of hydrogen-bond acceptors (Lipinski definition) is 6. The minimum atomic E-state index is -3.37. The molecule has 0 aliphatic carbocycles. The Kier molecular flexibility index (Phi) is 5.57. The Morgan fingerprint density at radius 3 is 2.56 bits per heavy atom. The molecule has 140 valence electrons. The van der Waals surface area contributed by atoms with Crippen molar-refractivity contribution in [3.05, 3.63) is 70.9 Å². The molecule has 2 heterocycles. The smallest absolute Gasteiger partial charge is 0.341 e. The van der Waals surface area contributed by atoms with Gasteiger partial charge in [0.2, 0.25) is 0 Å². The number of sulfone groups is 1. The minimum Gasteiger partial charge on any atom is -0.452 e. The number of benzene rings is 1. The molecule has 1 aliphatic rings. The molecule has 0 saturated heterocycles. The Labute approximate surface area is 161 Å². The Hall–Kier alpha value is -2.71. The van der Waals surface area contributed by atoms with Crippen molar-refractivity contribution in [1.29, 1.82) is 0 Å². The zero-order valence-corrected chi connectivity index (χ0v) is 15.6. The molecule has 1 aromatic heterocycles. The Morgan fingerprint density at radius 1 is 1.19 bits per heavy atom. The second-order valence-corrected chi connectivity index (χ2v) is 8.03. The first kappa shape index (κ1) is 19.1. The van der Waals surface area contributed by atoms with E-state index < -0.39 is 34.4 Å². The first-order valence-electron chi connectivity index (χ1n) is 7.93. The molecule has 0 N–H and O–H groups in total. The van der Waals surface area contributed by atoms with Crippen molar-refractivity contribution in [3.63, 3.8) is 0 Å².